The average Bonchev–Trinajstić information content (AvgIpc) is 2.77. The Hall–Kier alpha value is -3.61. The topological polar surface area (TPSA) is 106 Å². The predicted molar refractivity (Wildman–Crippen MR) is 114 cm³/mol. The molecule has 31 heavy (non-hydrogen) atoms. The normalized spacial score (nSPS) is 15.0. The minimum Gasteiger partial charge on any atom is -0.481 e. The van der Waals surface area contributed by atoms with Gasteiger partial charge >= 0.3 is 11.6 Å². The molecule has 0 radical (unpaired) electrons. The maximum absolute atomic E-state index is 12.6. The number of ether oxygens (including phenoxy) is 1. The third kappa shape index (κ3) is 4.30. The smallest absolute Gasteiger partial charge is 0.339 e. The summed E-state index contributed by atoms with van der Waals surface area (Å²) < 4.78 is 11.2. The van der Waals surface area contributed by atoms with Gasteiger partial charge in [0.2, 0.25) is 0 Å². The molecule has 0 bridgehead atoms. The van der Waals surface area contributed by atoms with Gasteiger partial charge < -0.3 is 19.6 Å². The molecule has 1 aromatic heterocycles. The number of aliphatic carboxylic acids is 1. The molecule has 0 aliphatic heterocycles. The molecule has 0 unspecified atom stereocenters. The number of hydrogen-bond acceptors (Lipinski definition) is 5. The van der Waals surface area contributed by atoms with E-state index in [4.69, 9.17) is 9.15 Å². The molecule has 0 fully saturated rings. The first kappa shape index (κ1) is 20.7. The lowest BCUT2D eigenvalue weighted by atomic mass is 9.91. The number of nitrogens with one attached hydrogen (secondary N) is 1. The zero-order valence-corrected chi connectivity index (χ0v) is 17.1. The first-order chi connectivity index (χ1) is 14.9. The van der Waals surface area contributed by atoms with Gasteiger partial charge in [-0.15, -0.1) is 0 Å². The molecule has 1 heterocycles. The van der Waals surface area contributed by atoms with Gasteiger partial charge in [-0.1, -0.05) is 30.3 Å². The van der Waals surface area contributed by atoms with E-state index in [-0.39, 0.29) is 5.63 Å². The van der Waals surface area contributed by atoms with Gasteiger partial charge in [-0.2, -0.15) is 0 Å². The first-order valence-electron chi connectivity index (χ1n) is 10.3. The van der Waals surface area contributed by atoms with Gasteiger partial charge in [-0.25, -0.2) is 9.59 Å². The number of rotatable bonds is 6. The lowest BCUT2D eigenvalue weighted by Gasteiger charge is -2.20. The molecule has 2 atom stereocenters. The quantitative estimate of drug-likeness (QED) is 0.591. The van der Waals surface area contributed by atoms with Crippen LogP contribution < -0.4 is 15.7 Å². The average molecular weight is 421 g/mol. The van der Waals surface area contributed by atoms with E-state index >= 15 is 0 Å². The highest BCUT2D eigenvalue weighted by molar-refractivity contribution is 5.87. The van der Waals surface area contributed by atoms with Gasteiger partial charge in [-0.05, 0) is 55.9 Å². The summed E-state index contributed by atoms with van der Waals surface area (Å²) in [5.41, 5.74) is 2.34. The molecule has 3 aromatic rings. The number of fused-ring (bicyclic) bond motifs is 3. The number of carbonyl (C=O) groups is 2. The number of carboxylic acid groups (broad SMARTS) is 1. The van der Waals surface area contributed by atoms with E-state index < -0.39 is 24.0 Å². The second-order valence-corrected chi connectivity index (χ2v) is 7.66. The van der Waals surface area contributed by atoms with Crippen LogP contribution in [0.4, 0.5) is 0 Å². The van der Waals surface area contributed by atoms with Crippen molar-refractivity contribution in [1.82, 2.24) is 5.32 Å². The van der Waals surface area contributed by atoms with Crippen LogP contribution in [0.3, 0.4) is 0 Å². The molecular weight excluding hydrogens is 398 g/mol. The summed E-state index contributed by atoms with van der Waals surface area (Å²) in [5.74, 6) is -1.37. The van der Waals surface area contributed by atoms with Crippen molar-refractivity contribution in [2.75, 3.05) is 0 Å². The third-order valence-corrected chi connectivity index (χ3v) is 5.54. The lowest BCUT2D eigenvalue weighted by molar-refractivity contribution is -0.143. The summed E-state index contributed by atoms with van der Waals surface area (Å²) >= 11 is 0. The Labute approximate surface area is 178 Å². The summed E-state index contributed by atoms with van der Waals surface area (Å²) in [4.78, 5) is 36.5. The molecule has 2 N–H and O–H groups in total. The number of aryl methyl sites for hydroxylation is 1. The van der Waals surface area contributed by atoms with Gasteiger partial charge in [0, 0.05) is 17.0 Å². The van der Waals surface area contributed by atoms with Crippen LogP contribution in [0.2, 0.25) is 0 Å². The highest BCUT2D eigenvalue weighted by Crippen LogP contribution is 2.29. The number of carboxylic acids is 1. The minimum atomic E-state index is -1.18. The molecule has 1 aliphatic rings. The summed E-state index contributed by atoms with van der Waals surface area (Å²) in [6.45, 7) is 1.53. The number of amides is 1. The molecule has 7 heteroatoms. The predicted octanol–water partition coefficient (Wildman–Crippen LogP) is 3.38. The Morgan fingerprint density at radius 2 is 1.77 bits per heavy atom. The zero-order valence-electron chi connectivity index (χ0n) is 17.1. The Bertz CT molecular complexity index is 1180. The Balaban J connectivity index is 1.52. The minimum absolute atomic E-state index is 0.322. The van der Waals surface area contributed by atoms with Crippen molar-refractivity contribution in [3.63, 3.8) is 0 Å². The Morgan fingerprint density at radius 3 is 2.48 bits per heavy atom. The SMILES string of the molecule is C[C@H](Oc1ccc2c3c(c(=O)oc2c1)CCCC3)C(=O)N[C@H](C(=O)O)c1ccccc1. The van der Waals surface area contributed by atoms with Gasteiger partial charge in [0.15, 0.2) is 12.1 Å². The van der Waals surface area contributed by atoms with Gasteiger partial charge in [-0.3, -0.25) is 4.79 Å². The molecular formula is C24H23NO6. The fourth-order valence-corrected chi connectivity index (χ4v) is 3.95. The highest BCUT2D eigenvalue weighted by Gasteiger charge is 2.25. The fraction of sp³-hybridized carbons (Fsp3) is 0.292. The first-order valence-corrected chi connectivity index (χ1v) is 10.3. The van der Waals surface area contributed by atoms with E-state index in [1.165, 1.54) is 6.92 Å². The van der Waals surface area contributed by atoms with Gasteiger partial charge in [0.25, 0.3) is 5.91 Å². The maximum atomic E-state index is 12.6. The van der Waals surface area contributed by atoms with Crippen LogP contribution in [-0.2, 0) is 22.4 Å². The van der Waals surface area contributed by atoms with Gasteiger partial charge in [0.1, 0.15) is 11.3 Å². The van der Waals surface area contributed by atoms with Gasteiger partial charge in [0.05, 0.1) is 0 Å². The van der Waals surface area contributed by atoms with Crippen LogP contribution in [0, 0.1) is 0 Å². The molecule has 160 valence electrons. The summed E-state index contributed by atoms with van der Waals surface area (Å²) in [6.07, 6.45) is 2.64. The molecule has 4 rings (SSSR count). The van der Waals surface area contributed by atoms with Crippen molar-refractivity contribution in [1.29, 1.82) is 0 Å². The monoisotopic (exact) mass is 421 g/mol. The van der Waals surface area contributed by atoms with Crippen molar-refractivity contribution in [2.24, 2.45) is 0 Å². The number of benzene rings is 2. The second kappa shape index (κ2) is 8.63. The molecule has 2 aromatic carbocycles. The van der Waals surface area contributed by atoms with Crippen molar-refractivity contribution in [3.05, 3.63) is 75.6 Å². The van der Waals surface area contributed by atoms with E-state index in [2.05, 4.69) is 5.32 Å². The van der Waals surface area contributed by atoms with E-state index in [1.807, 2.05) is 6.07 Å². The van der Waals surface area contributed by atoms with E-state index in [1.54, 1.807) is 42.5 Å². The maximum Gasteiger partial charge on any atom is 0.339 e. The summed E-state index contributed by atoms with van der Waals surface area (Å²) in [5, 5.41) is 12.9. The largest absolute Gasteiger partial charge is 0.481 e. The molecule has 7 nitrogen and oxygen atoms in total. The van der Waals surface area contributed by atoms with E-state index in [9.17, 15) is 19.5 Å². The van der Waals surface area contributed by atoms with Crippen LogP contribution in [0.5, 0.6) is 5.75 Å². The molecule has 1 aliphatic carbocycles. The third-order valence-electron chi connectivity index (χ3n) is 5.54. The van der Waals surface area contributed by atoms with Crippen molar-refractivity contribution in [3.8, 4) is 5.75 Å². The summed E-state index contributed by atoms with van der Waals surface area (Å²) in [6, 6.07) is 12.4. The summed E-state index contributed by atoms with van der Waals surface area (Å²) in [7, 11) is 0. The van der Waals surface area contributed by atoms with Crippen molar-refractivity contribution >= 4 is 22.8 Å². The van der Waals surface area contributed by atoms with E-state index in [0.29, 0.717) is 16.9 Å². The van der Waals surface area contributed by atoms with E-state index in [0.717, 1.165) is 42.2 Å². The molecule has 0 spiro atoms. The number of hydrogen-bond donors (Lipinski definition) is 2. The number of carbonyl (C=O) groups excluding carboxylic acids is 1. The van der Waals surface area contributed by atoms with Crippen LogP contribution >= 0.6 is 0 Å². The van der Waals surface area contributed by atoms with Crippen LogP contribution in [0.15, 0.2) is 57.7 Å². The fourth-order valence-electron chi connectivity index (χ4n) is 3.95. The van der Waals surface area contributed by atoms with Crippen LogP contribution in [0.25, 0.3) is 11.0 Å². The van der Waals surface area contributed by atoms with Crippen molar-refractivity contribution < 1.29 is 23.8 Å². The van der Waals surface area contributed by atoms with Crippen molar-refractivity contribution in [2.45, 2.75) is 44.8 Å². The van der Waals surface area contributed by atoms with Crippen LogP contribution in [-0.4, -0.2) is 23.1 Å². The zero-order chi connectivity index (χ0) is 22.0. The lowest BCUT2D eigenvalue weighted by Crippen LogP contribution is -2.41. The highest BCUT2D eigenvalue weighted by atomic mass is 16.5. The standard InChI is InChI=1S/C24H23NO6/c1-14(22(26)25-21(23(27)28)15-7-3-2-4-8-15)30-16-11-12-18-17-9-5-6-10-19(17)24(29)31-20(18)13-16/h2-4,7-8,11-14,21H,5-6,9-10H2,1H3,(H,25,26)(H,27,28)/t14-,21-/m0/s1. The second-order valence-electron chi connectivity index (χ2n) is 7.66. The Kier molecular flexibility index (Phi) is 5.75. The van der Waals surface area contributed by atoms with Crippen LogP contribution in [0.1, 0.15) is 42.5 Å². The molecule has 0 saturated carbocycles. The molecule has 1 amide bonds. The molecule has 0 saturated heterocycles. The Morgan fingerprint density at radius 1 is 1.06 bits per heavy atom.